The van der Waals surface area contributed by atoms with E-state index < -0.39 is 11.9 Å². The molecular formula is C16H24F3IN6S. The molecule has 0 saturated carbocycles. The molecule has 2 rings (SSSR count). The van der Waals surface area contributed by atoms with Gasteiger partial charge in [-0.3, -0.25) is 4.99 Å². The second-order valence-electron chi connectivity index (χ2n) is 5.67. The maximum Gasteiger partial charge on any atom is 0.434 e. The van der Waals surface area contributed by atoms with E-state index in [1.54, 1.807) is 13.2 Å². The Balaban J connectivity index is 0.00000364. The molecule has 0 spiro atoms. The number of unbranched alkanes of at least 4 members (excludes halogenated alkanes) is 1. The molecule has 0 amide bonds. The summed E-state index contributed by atoms with van der Waals surface area (Å²) in [5, 5.41) is 7.79. The van der Waals surface area contributed by atoms with Gasteiger partial charge in [0, 0.05) is 50.9 Å². The average Bonchev–Trinajstić information content (AvgIpc) is 3.22. The number of nitrogens with one attached hydrogen (secondary N) is 2. The molecule has 0 fully saturated rings. The molecule has 27 heavy (non-hydrogen) atoms. The van der Waals surface area contributed by atoms with Crippen LogP contribution in [0.2, 0.25) is 0 Å². The molecule has 2 N–H and O–H groups in total. The van der Waals surface area contributed by atoms with Crippen LogP contribution in [-0.4, -0.2) is 40.6 Å². The third-order valence-electron chi connectivity index (χ3n) is 3.74. The zero-order chi connectivity index (χ0) is 19.0. The number of hydrogen-bond donors (Lipinski definition) is 2. The molecule has 2 aromatic rings. The molecule has 0 aliphatic heterocycles. The number of alkyl halides is 3. The van der Waals surface area contributed by atoms with E-state index in [-0.39, 0.29) is 24.0 Å². The standard InChI is InChI=1S/C16H23F3N6S.HI/c1-12-21-8-10-25(12)9-4-3-6-22-15(20-2)23-7-5-14-24-13(11-26-14)16(17,18)19;/h8,10-11H,3-7,9H2,1-2H3,(H2,20,22,23);1H. The number of imidazole rings is 1. The Morgan fingerprint density at radius 2 is 2.00 bits per heavy atom. The Morgan fingerprint density at radius 1 is 1.26 bits per heavy atom. The molecule has 0 aliphatic rings. The molecule has 0 radical (unpaired) electrons. The van der Waals surface area contributed by atoms with Crippen molar-refractivity contribution in [3.05, 3.63) is 34.3 Å². The highest BCUT2D eigenvalue weighted by Gasteiger charge is 2.33. The van der Waals surface area contributed by atoms with Crippen LogP contribution in [0.15, 0.2) is 22.8 Å². The predicted octanol–water partition coefficient (Wildman–Crippen LogP) is 3.47. The molecule has 2 aromatic heterocycles. The Kier molecular flexibility index (Phi) is 10.1. The van der Waals surface area contributed by atoms with E-state index in [1.165, 1.54) is 0 Å². The summed E-state index contributed by atoms with van der Waals surface area (Å²) in [5.41, 5.74) is -0.826. The van der Waals surface area contributed by atoms with Gasteiger partial charge in [0.2, 0.25) is 0 Å². The van der Waals surface area contributed by atoms with Gasteiger partial charge in [0.05, 0.1) is 5.01 Å². The van der Waals surface area contributed by atoms with Crippen LogP contribution in [0, 0.1) is 6.92 Å². The summed E-state index contributed by atoms with van der Waals surface area (Å²) in [7, 11) is 1.66. The van der Waals surface area contributed by atoms with Gasteiger partial charge in [-0.25, -0.2) is 9.97 Å². The molecule has 0 bridgehead atoms. The van der Waals surface area contributed by atoms with E-state index in [0.717, 1.165) is 48.5 Å². The van der Waals surface area contributed by atoms with Gasteiger partial charge in [0.15, 0.2) is 11.7 Å². The molecule has 6 nitrogen and oxygen atoms in total. The van der Waals surface area contributed by atoms with Gasteiger partial charge in [-0.05, 0) is 19.8 Å². The number of rotatable bonds is 8. The smallest absolute Gasteiger partial charge is 0.356 e. The number of hydrogen-bond acceptors (Lipinski definition) is 4. The predicted molar refractivity (Wildman–Crippen MR) is 112 cm³/mol. The largest absolute Gasteiger partial charge is 0.434 e. The van der Waals surface area contributed by atoms with Crippen LogP contribution in [0.25, 0.3) is 0 Å². The molecule has 0 saturated heterocycles. The van der Waals surface area contributed by atoms with Crippen LogP contribution in [0.4, 0.5) is 13.2 Å². The van der Waals surface area contributed by atoms with Crippen LogP contribution in [0.5, 0.6) is 0 Å². The maximum atomic E-state index is 12.5. The van der Waals surface area contributed by atoms with E-state index in [9.17, 15) is 13.2 Å². The van der Waals surface area contributed by atoms with Crippen LogP contribution in [-0.2, 0) is 19.1 Å². The number of aryl methyl sites for hydroxylation is 2. The van der Waals surface area contributed by atoms with Gasteiger partial charge in [-0.1, -0.05) is 0 Å². The summed E-state index contributed by atoms with van der Waals surface area (Å²) in [6, 6.07) is 0. The van der Waals surface area contributed by atoms with E-state index in [0.29, 0.717) is 23.9 Å². The summed E-state index contributed by atoms with van der Waals surface area (Å²) in [5.74, 6) is 1.64. The van der Waals surface area contributed by atoms with Crippen LogP contribution >= 0.6 is 35.3 Å². The van der Waals surface area contributed by atoms with Crippen molar-refractivity contribution in [3.8, 4) is 0 Å². The lowest BCUT2D eigenvalue weighted by atomic mass is 10.3. The van der Waals surface area contributed by atoms with Crippen LogP contribution < -0.4 is 10.6 Å². The number of halogens is 4. The summed E-state index contributed by atoms with van der Waals surface area (Å²) in [4.78, 5) is 11.9. The Bertz CT molecular complexity index is 713. The van der Waals surface area contributed by atoms with Gasteiger partial charge < -0.3 is 15.2 Å². The lowest BCUT2D eigenvalue weighted by Crippen LogP contribution is -2.38. The normalized spacial score (nSPS) is 12.0. The second-order valence-corrected chi connectivity index (χ2v) is 6.62. The molecule has 2 heterocycles. The molecule has 0 atom stereocenters. The van der Waals surface area contributed by atoms with Crippen molar-refractivity contribution in [2.75, 3.05) is 20.1 Å². The van der Waals surface area contributed by atoms with Crippen molar-refractivity contribution in [3.63, 3.8) is 0 Å². The number of aliphatic imine (C=N–C) groups is 1. The van der Waals surface area contributed by atoms with E-state index in [1.807, 2.05) is 13.1 Å². The Labute approximate surface area is 177 Å². The highest BCUT2D eigenvalue weighted by Crippen LogP contribution is 2.29. The molecule has 152 valence electrons. The number of thiazole rings is 1. The SMILES string of the molecule is CN=C(NCCCCn1ccnc1C)NCCc1nc(C(F)(F)F)cs1.I. The number of nitrogens with zero attached hydrogens (tertiary/aromatic N) is 4. The van der Waals surface area contributed by atoms with Gasteiger partial charge in [-0.2, -0.15) is 13.2 Å². The highest BCUT2D eigenvalue weighted by molar-refractivity contribution is 14.0. The molecule has 0 unspecified atom stereocenters. The third kappa shape index (κ3) is 8.03. The van der Waals surface area contributed by atoms with Gasteiger partial charge >= 0.3 is 6.18 Å². The third-order valence-corrected chi connectivity index (χ3v) is 4.65. The Morgan fingerprint density at radius 3 is 2.59 bits per heavy atom. The van der Waals surface area contributed by atoms with E-state index in [4.69, 9.17) is 0 Å². The minimum absolute atomic E-state index is 0. The summed E-state index contributed by atoms with van der Waals surface area (Å²) < 4.78 is 39.7. The van der Waals surface area contributed by atoms with Crippen molar-refractivity contribution in [1.82, 2.24) is 25.2 Å². The fourth-order valence-electron chi connectivity index (χ4n) is 2.32. The fourth-order valence-corrected chi connectivity index (χ4v) is 3.12. The first-order chi connectivity index (χ1) is 12.4. The second kappa shape index (κ2) is 11.5. The summed E-state index contributed by atoms with van der Waals surface area (Å²) >= 11 is 1.02. The first-order valence-electron chi connectivity index (χ1n) is 8.34. The van der Waals surface area contributed by atoms with Gasteiger partial charge in [0.25, 0.3) is 0 Å². The topological polar surface area (TPSA) is 67.1 Å². The van der Waals surface area contributed by atoms with Crippen molar-refractivity contribution in [2.45, 2.75) is 38.9 Å². The van der Waals surface area contributed by atoms with E-state index in [2.05, 4.69) is 30.2 Å². The zero-order valence-electron chi connectivity index (χ0n) is 15.2. The highest BCUT2D eigenvalue weighted by atomic mass is 127. The number of aromatic nitrogens is 3. The summed E-state index contributed by atoms with van der Waals surface area (Å²) in [6.07, 6.45) is 1.78. The zero-order valence-corrected chi connectivity index (χ0v) is 18.4. The molecule has 11 heteroatoms. The average molecular weight is 516 g/mol. The fraction of sp³-hybridized carbons (Fsp3) is 0.562. The van der Waals surface area contributed by atoms with Gasteiger partial charge in [-0.15, -0.1) is 35.3 Å². The van der Waals surface area contributed by atoms with Crippen molar-refractivity contribution in [2.24, 2.45) is 4.99 Å². The quantitative estimate of drug-likeness (QED) is 0.244. The first-order valence-corrected chi connectivity index (χ1v) is 9.22. The van der Waals surface area contributed by atoms with Crippen LogP contribution in [0.3, 0.4) is 0 Å². The maximum absolute atomic E-state index is 12.5. The monoisotopic (exact) mass is 516 g/mol. The van der Waals surface area contributed by atoms with E-state index >= 15 is 0 Å². The molecule has 0 aromatic carbocycles. The summed E-state index contributed by atoms with van der Waals surface area (Å²) in [6.45, 7) is 4.14. The van der Waals surface area contributed by atoms with Crippen LogP contribution in [0.1, 0.15) is 29.4 Å². The van der Waals surface area contributed by atoms with Crippen molar-refractivity contribution < 1.29 is 13.2 Å². The Hall–Kier alpha value is -1.37. The first kappa shape index (κ1) is 23.7. The molecular weight excluding hydrogens is 492 g/mol. The number of guanidine groups is 1. The minimum atomic E-state index is -4.38. The van der Waals surface area contributed by atoms with Gasteiger partial charge in [0.1, 0.15) is 5.82 Å². The van der Waals surface area contributed by atoms with Crippen molar-refractivity contribution >= 4 is 41.3 Å². The molecule has 0 aliphatic carbocycles. The lowest BCUT2D eigenvalue weighted by molar-refractivity contribution is -0.140. The van der Waals surface area contributed by atoms with Crippen molar-refractivity contribution in [1.29, 1.82) is 0 Å². The lowest BCUT2D eigenvalue weighted by Gasteiger charge is -2.11. The minimum Gasteiger partial charge on any atom is -0.356 e.